The molecule has 0 radical (unpaired) electrons. The van der Waals surface area contributed by atoms with Gasteiger partial charge in [0.1, 0.15) is 5.82 Å². The van der Waals surface area contributed by atoms with Crippen LogP contribution in [-0.4, -0.2) is 47.0 Å². The van der Waals surface area contributed by atoms with E-state index in [2.05, 4.69) is 10.4 Å². The highest BCUT2D eigenvalue weighted by Gasteiger charge is 2.43. The molecule has 3 fully saturated rings. The van der Waals surface area contributed by atoms with Crippen molar-refractivity contribution in [3.8, 4) is 0 Å². The number of nitrogens with zero attached hydrogens (tertiary/aromatic N) is 3. The van der Waals surface area contributed by atoms with Crippen LogP contribution in [0.4, 0.5) is 10.6 Å². The SMILES string of the molecule is Cc1cnn(CC2CC2)c1NC(=O)N1CC[C@]2(CCOC2)C1. The monoisotopic (exact) mass is 304 g/mol. The van der Waals surface area contributed by atoms with Crippen molar-refractivity contribution in [1.29, 1.82) is 0 Å². The molecule has 1 aliphatic carbocycles. The number of urea groups is 1. The number of hydrogen-bond donors (Lipinski definition) is 1. The number of ether oxygens (including phenoxy) is 1. The van der Waals surface area contributed by atoms with Crippen LogP contribution in [0.5, 0.6) is 0 Å². The fraction of sp³-hybridized carbons (Fsp3) is 0.750. The molecular weight excluding hydrogens is 280 g/mol. The molecule has 120 valence electrons. The molecule has 2 saturated heterocycles. The first-order valence-corrected chi connectivity index (χ1v) is 8.31. The van der Waals surface area contributed by atoms with E-state index in [0.717, 1.165) is 63.0 Å². The van der Waals surface area contributed by atoms with Crippen molar-refractivity contribution >= 4 is 11.8 Å². The van der Waals surface area contributed by atoms with Gasteiger partial charge in [0, 0.05) is 37.2 Å². The van der Waals surface area contributed by atoms with E-state index in [-0.39, 0.29) is 11.4 Å². The summed E-state index contributed by atoms with van der Waals surface area (Å²) in [6, 6.07) is 0.00409. The lowest BCUT2D eigenvalue weighted by atomic mass is 9.87. The summed E-state index contributed by atoms with van der Waals surface area (Å²) in [6.45, 7) is 6.20. The second-order valence-electron chi connectivity index (χ2n) is 7.21. The number of aromatic nitrogens is 2. The maximum Gasteiger partial charge on any atom is 0.323 e. The van der Waals surface area contributed by atoms with Crippen LogP contribution in [0.3, 0.4) is 0 Å². The fourth-order valence-corrected chi connectivity index (χ4v) is 3.59. The molecule has 6 heteroatoms. The molecule has 3 heterocycles. The number of hydrogen-bond acceptors (Lipinski definition) is 3. The number of carbonyl (C=O) groups excluding carboxylic acids is 1. The Hall–Kier alpha value is -1.56. The predicted molar refractivity (Wildman–Crippen MR) is 82.8 cm³/mol. The summed E-state index contributed by atoms with van der Waals surface area (Å²) in [7, 11) is 0. The molecule has 0 unspecified atom stereocenters. The highest BCUT2D eigenvalue weighted by molar-refractivity contribution is 5.89. The second kappa shape index (κ2) is 5.26. The number of carbonyl (C=O) groups is 1. The average Bonchev–Trinajstić information content (AvgIpc) is 2.92. The Balaban J connectivity index is 1.42. The third-order valence-electron chi connectivity index (χ3n) is 5.29. The lowest BCUT2D eigenvalue weighted by molar-refractivity contribution is 0.154. The normalized spacial score (nSPS) is 27.8. The summed E-state index contributed by atoms with van der Waals surface area (Å²) in [5, 5.41) is 7.50. The molecule has 2 amide bonds. The van der Waals surface area contributed by atoms with Crippen molar-refractivity contribution in [2.75, 3.05) is 31.6 Å². The smallest absolute Gasteiger partial charge is 0.323 e. The summed E-state index contributed by atoms with van der Waals surface area (Å²) in [6.07, 6.45) is 6.53. The number of rotatable bonds is 3. The first-order valence-electron chi connectivity index (χ1n) is 8.31. The topological polar surface area (TPSA) is 59.4 Å². The summed E-state index contributed by atoms with van der Waals surface area (Å²) < 4.78 is 7.49. The molecular formula is C16H24N4O2. The number of nitrogens with one attached hydrogen (secondary N) is 1. The maximum atomic E-state index is 12.6. The van der Waals surface area contributed by atoms with E-state index in [1.54, 1.807) is 0 Å². The van der Waals surface area contributed by atoms with E-state index in [1.165, 1.54) is 12.8 Å². The van der Waals surface area contributed by atoms with E-state index < -0.39 is 0 Å². The Morgan fingerprint density at radius 1 is 1.50 bits per heavy atom. The van der Waals surface area contributed by atoms with E-state index in [4.69, 9.17) is 4.74 Å². The molecule has 1 aromatic heterocycles. The Labute approximate surface area is 130 Å². The molecule has 1 atom stereocenters. The van der Waals surface area contributed by atoms with Gasteiger partial charge in [0.15, 0.2) is 0 Å². The zero-order valence-electron chi connectivity index (χ0n) is 13.2. The second-order valence-corrected chi connectivity index (χ2v) is 7.21. The highest BCUT2D eigenvalue weighted by Crippen LogP contribution is 2.38. The quantitative estimate of drug-likeness (QED) is 0.931. The third-order valence-corrected chi connectivity index (χ3v) is 5.29. The van der Waals surface area contributed by atoms with Crippen molar-refractivity contribution in [3.05, 3.63) is 11.8 Å². The van der Waals surface area contributed by atoms with Crippen LogP contribution in [0.25, 0.3) is 0 Å². The maximum absolute atomic E-state index is 12.6. The van der Waals surface area contributed by atoms with Gasteiger partial charge >= 0.3 is 6.03 Å². The molecule has 22 heavy (non-hydrogen) atoms. The van der Waals surface area contributed by atoms with Crippen LogP contribution in [0.1, 0.15) is 31.2 Å². The number of amides is 2. The van der Waals surface area contributed by atoms with Gasteiger partial charge in [0.25, 0.3) is 0 Å². The molecule has 1 N–H and O–H groups in total. The van der Waals surface area contributed by atoms with E-state index >= 15 is 0 Å². The Bertz CT molecular complexity index is 573. The lowest BCUT2D eigenvalue weighted by Gasteiger charge is -2.22. The van der Waals surface area contributed by atoms with E-state index in [1.807, 2.05) is 22.7 Å². The Morgan fingerprint density at radius 2 is 2.36 bits per heavy atom. The Kier molecular flexibility index (Phi) is 3.36. The Morgan fingerprint density at radius 3 is 3.09 bits per heavy atom. The minimum Gasteiger partial charge on any atom is -0.381 e. The van der Waals surface area contributed by atoms with Gasteiger partial charge in [0.05, 0.1) is 12.8 Å². The summed E-state index contributed by atoms with van der Waals surface area (Å²) in [5.41, 5.74) is 1.24. The minimum absolute atomic E-state index is 0.00409. The van der Waals surface area contributed by atoms with Crippen LogP contribution in [0.2, 0.25) is 0 Å². The molecule has 2 aliphatic heterocycles. The zero-order chi connectivity index (χ0) is 15.2. The van der Waals surface area contributed by atoms with Crippen molar-refractivity contribution in [3.63, 3.8) is 0 Å². The zero-order valence-corrected chi connectivity index (χ0v) is 13.2. The third kappa shape index (κ3) is 2.60. The van der Waals surface area contributed by atoms with Gasteiger partial charge in [-0.1, -0.05) is 0 Å². The lowest BCUT2D eigenvalue weighted by Crippen LogP contribution is -2.36. The van der Waals surface area contributed by atoms with Crippen LogP contribution in [-0.2, 0) is 11.3 Å². The van der Waals surface area contributed by atoms with Gasteiger partial charge in [-0.05, 0) is 38.5 Å². The van der Waals surface area contributed by atoms with Crippen molar-refractivity contribution in [1.82, 2.24) is 14.7 Å². The van der Waals surface area contributed by atoms with E-state index in [0.29, 0.717) is 0 Å². The fourth-order valence-electron chi connectivity index (χ4n) is 3.59. The minimum atomic E-state index is 0.00409. The largest absolute Gasteiger partial charge is 0.381 e. The van der Waals surface area contributed by atoms with Crippen molar-refractivity contribution in [2.45, 2.75) is 39.2 Å². The van der Waals surface area contributed by atoms with Gasteiger partial charge in [-0.25, -0.2) is 9.48 Å². The molecule has 4 rings (SSSR count). The molecule has 3 aliphatic rings. The molecule has 6 nitrogen and oxygen atoms in total. The van der Waals surface area contributed by atoms with Crippen molar-refractivity contribution in [2.24, 2.45) is 11.3 Å². The molecule has 1 saturated carbocycles. The summed E-state index contributed by atoms with van der Waals surface area (Å²) in [5.74, 6) is 1.60. The van der Waals surface area contributed by atoms with Gasteiger partial charge in [-0.3, -0.25) is 5.32 Å². The molecule has 0 aromatic carbocycles. The van der Waals surface area contributed by atoms with Gasteiger partial charge < -0.3 is 9.64 Å². The van der Waals surface area contributed by atoms with Crippen molar-refractivity contribution < 1.29 is 9.53 Å². The van der Waals surface area contributed by atoms with Gasteiger partial charge in [0.2, 0.25) is 0 Å². The average molecular weight is 304 g/mol. The summed E-state index contributed by atoms with van der Waals surface area (Å²) in [4.78, 5) is 14.5. The standard InChI is InChI=1S/C16H24N4O2/c1-12-8-17-20(9-13-2-3-13)14(12)18-15(21)19-6-4-16(10-19)5-7-22-11-16/h8,13H,2-7,9-11H2,1H3,(H,18,21)/t16-/m0/s1. The molecule has 1 spiro atoms. The van der Waals surface area contributed by atoms with Crippen LogP contribution < -0.4 is 5.32 Å². The van der Waals surface area contributed by atoms with E-state index in [9.17, 15) is 4.79 Å². The van der Waals surface area contributed by atoms with Gasteiger partial charge in [-0.15, -0.1) is 0 Å². The summed E-state index contributed by atoms with van der Waals surface area (Å²) >= 11 is 0. The first kappa shape index (κ1) is 14.1. The first-order chi connectivity index (χ1) is 10.7. The molecule has 1 aromatic rings. The predicted octanol–water partition coefficient (Wildman–Crippen LogP) is 2.25. The number of likely N-dealkylation sites (tertiary alicyclic amines) is 1. The van der Waals surface area contributed by atoms with Crippen LogP contribution in [0, 0.1) is 18.3 Å². The van der Waals surface area contributed by atoms with Crippen LogP contribution >= 0.6 is 0 Å². The highest BCUT2D eigenvalue weighted by atomic mass is 16.5. The number of anilines is 1. The number of aryl methyl sites for hydroxylation is 1. The molecule has 0 bridgehead atoms. The van der Waals surface area contributed by atoms with Crippen LogP contribution in [0.15, 0.2) is 6.20 Å². The van der Waals surface area contributed by atoms with Gasteiger partial charge in [-0.2, -0.15) is 5.10 Å².